The van der Waals surface area contributed by atoms with Crippen LogP contribution in [0.25, 0.3) is 0 Å². The summed E-state index contributed by atoms with van der Waals surface area (Å²) < 4.78 is 32.9. The number of carbonyl (C=O) groups is 2. The van der Waals surface area contributed by atoms with Gasteiger partial charge in [0.05, 0.1) is 0 Å². The predicted octanol–water partition coefficient (Wildman–Crippen LogP) is 1.09. The van der Waals surface area contributed by atoms with Crippen LogP contribution in [-0.2, 0) is 32.9 Å². The third-order valence-electron chi connectivity index (χ3n) is 3.00. The van der Waals surface area contributed by atoms with Crippen molar-refractivity contribution >= 4 is 22.4 Å². The lowest BCUT2D eigenvalue weighted by molar-refractivity contribution is 0.137. The zero-order valence-corrected chi connectivity index (χ0v) is 14.9. The van der Waals surface area contributed by atoms with E-state index in [1.807, 2.05) is 10.9 Å². The zero-order chi connectivity index (χ0) is 19.5. The monoisotopic (exact) mass is 394 g/mol. The van der Waals surface area contributed by atoms with E-state index in [4.69, 9.17) is 9.47 Å². The van der Waals surface area contributed by atoms with Crippen molar-refractivity contribution < 1.29 is 27.5 Å². The minimum absolute atomic E-state index is 0.0358. The molecule has 0 saturated carbocycles. The Kier molecular flexibility index (Phi) is 7.55. The number of amides is 2. The Morgan fingerprint density at radius 3 is 1.44 bits per heavy atom. The van der Waals surface area contributed by atoms with Crippen LogP contribution in [0.1, 0.15) is 11.1 Å². The van der Waals surface area contributed by atoms with Crippen LogP contribution in [0.4, 0.5) is 9.59 Å². The summed E-state index contributed by atoms with van der Waals surface area (Å²) >= 11 is 0. The van der Waals surface area contributed by atoms with Crippen molar-refractivity contribution in [3.8, 4) is 0 Å². The Balaban J connectivity index is 1.65. The molecule has 0 saturated heterocycles. The fourth-order valence-electron chi connectivity index (χ4n) is 1.76. The van der Waals surface area contributed by atoms with E-state index in [1.165, 1.54) is 0 Å². The van der Waals surface area contributed by atoms with Crippen LogP contribution >= 0.6 is 0 Å². The molecule has 0 heterocycles. The predicted molar refractivity (Wildman–Crippen MR) is 94.7 cm³/mol. The Labute approximate surface area is 156 Å². The summed E-state index contributed by atoms with van der Waals surface area (Å²) in [5.41, 5.74) is 5.11. The van der Waals surface area contributed by atoms with Crippen molar-refractivity contribution in [3.05, 3.63) is 71.8 Å². The van der Waals surface area contributed by atoms with Gasteiger partial charge in [-0.05, 0) is 11.1 Å². The van der Waals surface area contributed by atoms with Gasteiger partial charge in [0, 0.05) is 0 Å². The summed E-state index contributed by atoms with van der Waals surface area (Å²) in [5, 5.41) is 0. The first-order valence-electron chi connectivity index (χ1n) is 7.66. The molecule has 2 amide bonds. The van der Waals surface area contributed by atoms with Crippen molar-refractivity contribution in [3.63, 3.8) is 0 Å². The van der Waals surface area contributed by atoms with Crippen LogP contribution < -0.4 is 20.5 Å². The summed E-state index contributed by atoms with van der Waals surface area (Å²) in [7, 11) is -4.26. The van der Waals surface area contributed by atoms with Gasteiger partial charge in [0.15, 0.2) is 0 Å². The van der Waals surface area contributed by atoms with E-state index in [0.29, 0.717) is 0 Å². The van der Waals surface area contributed by atoms with Gasteiger partial charge in [-0.15, -0.1) is 9.66 Å². The van der Waals surface area contributed by atoms with Crippen LogP contribution in [0.3, 0.4) is 0 Å². The highest BCUT2D eigenvalue weighted by Gasteiger charge is 2.13. The van der Waals surface area contributed by atoms with E-state index >= 15 is 0 Å². The lowest BCUT2D eigenvalue weighted by Gasteiger charge is -2.11. The van der Waals surface area contributed by atoms with Gasteiger partial charge >= 0.3 is 22.4 Å². The van der Waals surface area contributed by atoms with Crippen LogP contribution in [0.5, 0.6) is 0 Å². The number of benzene rings is 2. The largest absolute Gasteiger partial charge is 0.444 e. The van der Waals surface area contributed by atoms with Crippen LogP contribution in [0.2, 0.25) is 0 Å². The number of rotatable bonds is 8. The van der Waals surface area contributed by atoms with E-state index in [1.54, 1.807) is 70.3 Å². The second kappa shape index (κ2) is 10.1. The van der Waals surface area contributed by atoms with Crippen LogP contribution in [0.15, 0.2) is 60.7 Å². The number of hydrogen-bond acceptors (Lipinski definition) is 6. The van der Waals surface area contributed by atoms with Gasteiger partial charge in [-0.25, -0.2) is 20.4 Å². The second-order valence-electron chi connectivity index (χ2n) is 5.08. The van der Waals surface area contributed by atoms with Gasteiger partial charge in [-0.3, -0.25) is 0 Å². The van der Waals surface area contributed by atoms with E-state index in [-0.39, 0.29) is 13.2 Å². The molecule has 27 heavy (non-hydrogen) atoms. The molecule has 0 aliphatic rings. The number of hydrogen-bond donors (Lipinski definition) is 4. The highest BCUT2D eigenvalue weighted by Crippen LogP contribution is 2.01. The van der Waals surface area contributed by atoms with Gasteiger partial charge in [0.25, 0.3) is 0 Å². The molecule has 2 aromatic carbocycles. The van der Waals surface area contributed by atoms with Gasteiger partial charge in [0.2, 0.25) is 0 Å². The van der Waals surface area contributed by atoms with E-state index in [9.17, 15) is 18.0 Å². The molecule has 0 aromatic heterocycles. The quantitative estimate of drug-likeness (QED) is 0.495. The maximum absolute atomic E-state index is 11.6. The summed E-state index contributed by atoms with van der Waals surface area (Å²) in [4.78, 5) is 26.3. The molecule has 0 aliphatic heterocycles. The number of nitrogens with one attached hydrogen (secondary N) is 4. The summed E-state index contributed by atoms with van der Waals surface area (Å²) in [6.07, 6.45) is -2.04. The van der Waals surface area contributed by atoms with Crippen LogP contribution in [0, 0.1) is 0 Å². The lowest BCUT2D eigenvalue weighted by Crippen LogP contribution is -2.52. The topological polar surface area (TPSA) is 135 Å². The molecule has 0 radical (unpaired) electrons. The third kappa shape index (κ3) is 8.18. The highest BCUT2D eigenvalue weighted by molar-refractivity contribution is 7.87. The molecule has 11 heteroatoms. The van der Waals surface area contributed by atoms with Crippen molar-refractivity contribution in [1.29, 1.82) is 0 Å². The fourth-order valence-corrected chi connectivity index (χ4v) is 2.25. The normalized spacial score (nSPS) is 10.7. The summed E-state index contributed by atoms with van der Waals surface area (Å²) in [6, 6.07) is 17.7. The molecule has 0 aliphatic carbocycles. The molecule has 0 atom stereocenters. The maximum Gasteiger partial charge on any atom is 0.422 e. The molecule has 0 unspecified atom stereocenters. The molecule has 0 bridgehead atoms. The minimum atomic E-state index is -4.26. The second-order valence-corrected chi connectivity index (χ2v) is 6.50. The first-order chi connectivity index (χ1) is 12.9. The summed E-state index contributed by atoms with van der Waals surface area (Å²) in [6.45, 7) is -0.0716. The van der Waals surface area contributed by atoms with Gasteiger partial charge in [0.1, 0.15) is 13.2 Å². The molecule has 2 aromatic rings. The maximum atomic E-state index is 11.6. The minimum Gasteiger partial charge on any atom is -0.444 e. The Bertz CT molecular complexity index is 780. The van der Waals surface area contributed by atoms with E-state index < -0.39 is 22.4 Å². The Morgan fingerprint density at radius 2 is 1.07 bits per heavy atom. The third-order valence-corrected chi connectivity index (χ3v) is 3.74. The van der Waals surface area contributed by atoms with Crippen LogP contribution in [-0.4, -0.2) is 20.6 Å². The lowest BCUT2D eigenvalue weighted by atomic mass is 10.2. The summed E-state index contributed by atoms with van der Waals surface area (Å²) in [5.74, 6) is 0. The van der Waals surface area contributed by atoms with Crippen molar-refractivity contribution in [2.24, 2.45) is 0 Å². The van der Waals surface area contributed by atoms with Gasteiger partial charge in [-0.1, -0.05) is 60.7 Å². The molecule has 144 valence electrons. The SMILES string of the molecule is O=C(NNS(=O)(=O)NNC(=O)OCc1ccccc1)OCc1ccccc1. The molecular weight excluding hydrogens is 376 g/mol. The first kappa shape index (κ1) is 20.2. The zero-order valence-electron chi connectivity index (χ0n) is 14.0. The smallest absolute Gasteiger partial charge is 0.422 e. The van der Waals surface area contributed by atoms with Gasteiger partial charge in [-0.2, -0.15) is 8.42 Å². The molecule has 2 rings (SSSR count). The fraction of sp³-hybridized carbons (Fsp3) is 0.125. The molecule has 0 spiro atoms. The average molecular weight is 394 g/mol. The first-order valence-corrected chi connectivity index (χ1v) is 9.15. The Morgan fingerprint density at radius 1 is 0.704 bits per heavy atom. The van der Waals surface area contributed by atoms with Crippen molar-refractivity contribution in [2.45, 2.75) is 13.2 Å². The van der Waals surface area contributed by atoms with Gasteiger partial charge < -0.3 is 9.47 Å². The molecule has 0 fully saturated rings. The highest BCUT2D eigenvalue weighted by atomic mass is 32.2. The standard InChI is InChI=1S/C16H18N4O6S/c21-15(25-11-13-7-3-1-4-8-13)17-19-27(23,24)20-18-16(22)26-12-14-9-5-2-6-10-14/h1-10,19-20H,11-12H2,(H,17,21)(H,18,22). The van der Waals surface area contributed by atoms with E-state index in [2.05, 4.69) is 0 Å². The molecule has 10 nitrogen and oxygen atoms in total. The van der Waals surface area contributed by atoms with Crippen molar-refractivity contribution in [1.82, 2.24) is 20.5 Å². The Hall–Kier alpha value is -3.15. The number of hydrazine groups is 2. The number of carbonyl (C=O) groups excluding carboxylic acids is 2. The average Bonchev–Trinajstić information content (AvgIpc) is 2.69. The van der Waals surface area contributed by atoms with Crippen molar-refractivity contribution in [2.75, 3.05) is 0 Å². The molecular formula is C16H18N4O6S. The van der Waals surface area contributed by atoms with E-state index in [0.717, 1.165) is 11.1 Å². The number of ether oxygens (including phenoxy) is 2. The molecule has 4 N–H and O–H groups in total.